The predicted octanol–water partition coefficient (Wildman–Crippen LogP) is 4.90. The van der Waals surface area contributed by atoms with Gasteiger partial charge < -0.3 is 20.1 Å². The van der Waals surface area contributed by atoms with Crippen LogP contribution in [-0.4, -0.2) is 42.0 Å². The Balaban J connectivity index is 1.29. The van der Waals surface area contributed by atoms with Crippen LogP contribution in [0.25, 0.3) is 0 Å². The number of pyridine rings is 2. The van der Waals surface area contributed by atoms with E-state index in [2.05, 4.69) is 14.9 Å². The van der Waals surface area contributed by atoms with Crippen molar-refractivity contribution in [3.05, 3.63) is 75.2 Å². The Hall–Kier alpha value is -2.87. The van der Waals surface area contributed by atoms with E-state index in [1.165, 1.54) is 0 Å². The van der Waals surface area contributed by atoms with Crippen LogP contribution < -0.4 is 15.4 Å². The zero-order valence-electron chi connectivity index (χ0n) is 18.8. The maximum atomic E-state index is 8.71. The smallest absolute Gasteiger partial charge is 0.128 e. The lowest BCUT2D eigenvalue weighted by molar-refractivity contribution is 0.131. The fraction of sp³-hybridized carbons (Fsp3) is 0.320. The highest BCUT2D eigenvalue weighted by molar-refractivity contribution is 6.36. The van der Waals surface area contributed by atoms with Crippen LogP contribution in [0.4, 0.5) is 11.5 Å². The van der Waals surface area contributed by atoms with E-state index >= 15 is 0 Å². The molecule has 34 heavy (non-hydrogen) atoms. The molecule has 1 aromatic carbocycles. The van der Waals surface area contributed by atoms with Gasteiger partial charge in [-0.15, -0.1) is 0 Å². The summed E-state index contributed by atoms with van der Waals surface area (Å²) < 4.78 is 11.5. The van der Waals surface area contributed by atoms with Crippen LogP contribution in [0.15, 0.2) is 42.7 Å². The van der Waals surface area contributed by atoms with Crippen molar-refractivity contribution >= 4 is 40.4 Å². The summed E-state index contributed by atoms with van der Waals surface area (Å²) in [6.07, 6.45) is 4.40. The molecule has 0 aliphatic carbocycles. The lowest BCUT2D eigenvalue weighted by Crippen LogP contribution is -2.57. The molecule has 1 spiro atoms. The van der Waals surface area contributed by atoms with Gasteiger partial charge in [-0.3, -0.25) is 10.4 Å². The Kier molecular flexibility index (Phi) is 6.10. The van der Waals surface area contributed by atoms with Crippen LogP contribution in [0.1, 0.15) is 28.8 Å². The van der Waals surface area contributed by atoms with Gasteiger partial charge in [0.15, 0.2) is 0 Å². The summed E-state index contributed by atoms with van der Waals surface area (Å²) in [4.78, 5) is 11.0. The molecule has 0 unspecified atom stereocenters. The number of nitrogen functional groups attached to an aromatic ring is 1. The second kappa shape index (κ2) is 9.06. The van der Waals surface area contributed by atoms with Gasteiger partial charge in [0.05, 0.1) is 28.1 Å². The van der Waals surface area contributed by atoms with Gasteiger partial charge >= 0.3 is 0 Å². The first-order valence-electron chi connectivity index (χ1n) is 11.1. The van der Waals surface area contributed by atoms with Crippen molar-refractivity contribution < 1.29 is 9.47 Å². The van der Waals surface area contributed by atoms with Crippen LogP contribution in [-0.2, 0) is 11.3 Å². The van der Waals surface area contributed by atoms with E-state index in [1.54, 1.807) is 30.6 Å². The quantitative estimate of drug-likeness (QED) is 0.371. The number of aryl methyl sites for hydroxylation is 1. The number of rotatable bonds is 6. The minimum atomic E-state index is 0.177. The number of anilines is 2. The lowest BCUT2D eigenvalue weighted by atomic mass is 9.79. The number of nitrogens with two attached hydrogens (primary N) is 1. The second-order valence-electron chi connectivity index (χ2n) is 8.96. The van der Waals surface area contributed by atoms with Crippen LogP contribution in [0.5, 0.6) is 5.75 Å². The topological polar surface area (TPSA) is 97.4 Å². The number of nitrogens with zero attached hydrogens (tertiary/aromatic N) is 3. The average Bonchev–Trinajstić information content (AvgIpc) is 3.32. The number of hydrogen-bond acceptors (Lipinski definition) is 7. The first-order valence-corrected chi connectivity index (χ1v) is 11.8. The molecule has 7 nitrogen and oxygen atoms in total. The molecule has 9 heteroatoms. The zero-order chi connectivity index (χ0) is 23.9. The van der Waals surface area contributed by atoms with Gasteiger partial charge in [-0.2, -0.15) is 0 Å². The largest absolute Gasteiger partial charge is 0.489 e. The Morgan fingerprint density at radius 2 is 2.03 bits per heavy atom. The summed E-state index contributed by atoms with van der Waals surface area (Å²) in [5.41, 5.74) is 9.86. The van der Waals surface area contributed by atoms with Gasteiger partial charge in [-0.25, -0.2) is 4.98 Å². The molecule has 2 aliphatic heterocycles. The average molecular weight is 498 g/mol. The minimum absolute atomic E-state index is 0.177. The standard InChI is InChI=1S/C25H25Cl2N5O2/c1-15-23(27)19(20(26)10-30-15)11-34-17-3-4-21(28)18(8-17)24(29)16-2-5-22(31-9-16)32-12-25(13-32)6-7-33-14-25/h2-5,8-10,29H,6-7,11-14,28H2,1H3. The van der Waals surface area contributed by atoms with Crippen molar-refractivity contribution in [1.29, 1.82) is 5.41 Å². The molecule has 2 fully saturated rings. The Labute approximate surface area is 208 Å². The van der Waals surface area contributed by atoms with E-state index in [1.807, 2.05) is 19.1 Å². The maximum absolute atomic E-state index is 8.71. The van der Waals surface area contributed by atoms with Crippen LogP contribution in [0.3, 0.4) is 0 Å². The minimum Gasteiger partial charge on any atom is -0.489 e. The molecule has 176 valence electrons. The SMILES string of the molecule is Cc1ncc(Cl)c(COc2ccc(N)c(C(=N)c3ccc(N4CC5(CCOC5)C4)nc3)c2)c1Cl. The van der Waals surface area contributed by atoms with Crippen molar-refractivity contribution in [2.24, 2.45) is 5.41 Å². The third kappa shape index (κ3) is 4.31. The predicted molar refractivity (Wildman–Crippen MR) is 134 cm³/mol. The molecule has 3 N–H and O–H groups in total. The van der Waals surface area contributed by atoms with Crippen molar-refractivity contribution in [1.82, 2.24) is 9.97 Å². The molecular formula is C25H25Cl2N5O2. The number of halogens is 2. The summed E-state index contributed by atoms with van der Waals surface area (Å²) in [6, 6.07) is 9.10. The van der Waals surface area contributed by atoms with Gasteiger partial charge in [0, 0.05) is 59.9 Å². The van der Waals surface area contributed by atoms with E-state index in [0.29, 0.717) is 49.3 Å². The number of ether oxygens (including phenoxy) is 2. The third-order valence-electron chi connectivity index (χ3n) is 6.52. The van der Waals surface area contributed by atoms with Gasteiger partial charge in [0.1, 0.15) is 18.2 Å². The Morgan fingerprint density at radius 1 is 1.21 bits per heavy atom. The molecule has 0 atom stereocenters. The molecule has 4 heterocycles. The molecule has 0 saturated carbocycles. The molecule has 2 saturated heterocycles. The van der Waals surface area contributed by atoms with E-state index in [0.717, 1.165) is 38.5 Å². The summed E-state index contributed by atoms with van der Waals surface area (Å²) in [5, 5.41) is 9.64. The van der Waals surface area contributed by atoms with Gasteiger partial charge in [0.25, 0.3) is 0 Å². The summed E-state index contributed by atoms with van der Waals surface area (Å²) in [7, 11) is 0. The Bertz CT molecular complexity index is 1230. The number of benzene rings is 1. The van der Waals surface area contributed by atoms with E-state index in [4.69, 9.17) is 43.8 Å². The summed E-state index contributed by atoms with van der Waals surface area (Å²) in [6.45, 7) is 5.61. The molecular weight excluding hydrogens is 473 g/mol. The molecule has 0 radical (unpaired) electrons. The first kappa shape index (κ1) is 22.9. The summed E-state index contributed by atoms with van der Waals surface area (Å²) >= 11 is 12.6. The number of aromatic nitrogens is 2. The monoisotopic (exact) mass is 497 g/mol. The van der Waals surface area contributed by atoms with Crippen LogP contribution in [0.2, 0.25) is 10.0 Å². The van der Waals surface area contributed by atoms with Gasteiger partial charge in [-0.1, -0.05) is 23.2 Å². The fourth-order valence-electron chi connectivity index (χ4n) is 4.44. The normalized spacial score (nSPS) is 16.5. The zero-order valence-corrected chi connectivity index (χ0v) is 20.3. The third-order valence-corrected chi connectivity index (χ3v) is 7.35. The van der Waals surface area contributed by atoms with E-state index in [-0.39, 0.29) is 12.3 Å². The first-order chi connectivity index (χ1) is 16.3. The number of hydrogen-bond donors (Lipinski definition) is 2. The molecule has 5 rings (SSSR count). The Morgan fingerprint density at radius 3 is 2.74 bits per heavy atom. The van der Waals surface area contributed by atoms with Gasteiger partial charge in [0.2, 0.25) is 0 Å². The van der Waals surface area contributed by atoms with Crippen molar-refractivity contribution in [2.45, 2.75) is 20.0 Å². The molecule has 3 aromatic rings. The molecule has 2 aromatic heterocycles. The van der Waals surface area contributed by atoms with Crippen molar-refractivity contribution in [3.8, 4) is 5.75 Å². The van der Waals surface area contributed by atoms with Gasteiger partial charge in [-0.05, 0) is 43.7 Å². The maximum Gasteiger partial charge on any atom is 0.128 e. The highest BCUT2D eigenvalue weighted by atomic mass is 35.5. The summed E-state index contributed by atoms with van der Waals surface area (Å²) in [5.74, 6) is 1.48. The molecule has 2 aliphatic rings. The second-order valence-corrected chi connectivity index (χ2v) is 9.75. The highest BCUT2D eigenvalue weighted by Gasteiger charge is 2.46. The molecule has 0 bridgehead atoms. The lowest BCUT2D eigenvalue weighted by Gasteiger charge is -2.47. The van der Waals surface area contributed by atoms with E-state index in [9.17, 15) is 0 Å². The van der Waals surface area contributed by atoms with Crippen molar-refractivity contribution in [2.75, 3.05) is 36.9 Å². The number of nitrogens with one attached hydrogen (secondary N) is 1. The molecule has 0 amide bonds. The van der Waals surface area contributed by atoms with Crippen molar-refractivity contribution in [3.63, 3.8) is 0 Å². The van der Waals surface area contributed by atoms with E-state index < -0.39 is 0 Å². The highest BCUT2D eigenvalue weighted by Crippen LogP contribution is 2.40. The van der Waals surface area contributed by atoms with Crippen LogP contribution >= 0.6 is 23.2 Å². The fourth-order valence-corrected chi connectivity index (χ4v) is 4.89. The van der Waals surface area contributed by atoms with Crippen LogP contribution in [0, 0.1) is 17.7 Å².